The van der Waals surface area contributed by atoms with Gasteiger partial charge in [0, 0.05) is 57.2 Å². The molecule has 0 spiro atoms. The van der Waals surface area contributed by atoms with Gasteiger partial charge in [-0.15, -0.1) is 0 Å². The van der Waals surface area contributed by atoms with Crippen molar-refractivity contribution >= 4 is 49.6 Å². The molecule has 1 aromatic carbocycles. The minimum Gasteiger partial charge on any atom is -0.481 e. The van der Waals surface area contributed by atoms with Crippen molar-refractivity contribution in [1.29, 1.82) is 0 Å². The number of benzene rings is 1. The molecule has 1 saturated heterocycles. The van der Waals surface area contributed by atoms with Crippen LogP contribution in [-0.2, 0) is 16.0 Å². The van der Waals surface area contributed by atoms with Crippen molar-refractivity contribution < 1.29 is 14.7 Å². The largest absolute Gasteiger partial charge is 0.481 e. The van der Waals surface area contributed by atoms with Crippen LogP contribution in [0, 0.1) is 17.8 Å². The topological polar surface area (TPSA) is 57.6 Å². The predicted octanol–water partition coefficient (Wildman–Crippen LogP) is 2.59. The number of carboxylic acids is 1. The first-order valence-electron chi connectivity index (χ1n) is 8.68. The zero-order chi connectivity index (χ0) is 16.2. The predicted molar refractivity (Wildman–Crippen MR) is 93.7 cm³/mol. The van der Waals surface area contributed by atoms with Crippen LogP contribution in [0.3, 0.4) is 0 Å². The summed E-state index contributed by atoms with van der Waals surface area (Å²) in [4.78, 5) is 26.0. The molecule has 0 bridgehead atoms. The molecule has 3 rings (SSSR count). The average molecular weight is 355 g/mol. The fraction of sp³-hybridized carbons (Fsp3) is 0.579. The SMILES string of the molecule is O=C(O)[C@H](CC(=O)N1C[C@H]2CCCC[C@H]2C1)Cc1ccccc1.[Ca]. The van der Waals surface area contributed by atoms with Crippen LogP contribution < -0.4 is 0 Å². The number of hydrogen-bond acceptors (Lipinski definition) is 2. The number of aliphatic carboxylic acids is 1. The molecule has 1 amide bonds. The molecule has 1 N–H and O–H groups in total. The molecule has 0 aromatic heterocycles. The third-order valence-electron chi connectivity index (χ3n) is 5.42. The van der Waals surface area contributed by atoms with E-state index in [1.807, 2.05) is 35.2 Å². The van der Waals surface area contributed by atoms with E-state index in [9.17, 15) is 14.7 Å². The van der Waals surface area contributed by atoms with Gasteiger partial charge >= 0.3 is 5.97 Å². The van der Waals surface area contributed by atoms with Crippen molar-refractivity contribution in [3.05, 3.63) is 35.9 Å². The maximum Gasteiger partial charge on any atom is 0.307 e. The Labute approximate surface area is 173 Å². The van der Waals surface area contributed by atoms with Gasteiger partial charge in [-0.05, 0) is 36.7 Å². The van der Waals surface area contributed by atoms with Crippen molar-refractivity contribution in [2.24, 2.45) is 17.8 Å². The zero-order valence-corrected chi connectivity index (χ0v) is 16.4. The van der Waals surface area contributed by atoms with E-state index in [4.69, 9.17) is 0 Å². The first kappa shape index (κ1) is 19.7. The Bertz CT molecular complexity index is 549. The molecule has 3 atom stereocenters. The maximum absolute atomic E-state index is 12.6. The fourth-order valence-corrected chi connectivity index (χ4v) is 4.09. The Hall–Kier alpha value is -0.580. The summed E-state index contributed by atoms with van der Waals surface area (Å²) >= 11 is 0. The number of amides is 1. The van der Waals surface area contributed by atoms with E-state index in [-0.39, 0.29) is 50.1 Å². The van der Waals surface area contributed by atoms with Crippen molar-refractivity contribution in [2.75, 3.05) is 13.1 Å². The minimum absolute atomic E-state index is 0. The van der Waals surface area contributed by atoms with Crippen molar-refractivity contribution in [3.63, 3.8) is 0 Å². The summed E-state index contributed by atoms with van der Waals surface area (Å²) in [6.45, 7) is 1.67. The van der Waals surface area contributed by atoms with Gasteiger partial charge in [0.25, 0.3) is 0 Å². The van der Waals surface area contributed by atoms with Crippen LogP contribution in [0.5, 0.6) is 0 Å². The van der Waals surface area contributed by atoms with Crippen molar-refractivity contribution in [1.82, 2.24) is 4.90 Å². The molecule has 0 unspecified atom stereocenters. The Kier molecular flexibility index (Phi) is 7.58. The van der Waals surface area contributed by atoms with Gasteiger partial charge in [-0.1, -0.05) is 43.2 Å². The van der Waals surface area contributed by atoms with Crippen LogP contribution in [0.15, 0.2) is 30.3 Å². The maximum atomic E-state index is 12.6. The van der Waals surface area contributed by atoms with Gasteiger partial charge in [-0.2, -0.15) is 0 Å². The van der Waals surface area contributed by atoms with E-state index in [0.717, 1.165) is 18.7 Å². The molecule has 4 nitrogen and oxygen atoms in total. The normalized spacial score (nSPS) is 23.9. The van der Waals surface area contributed by atoms with E-state index >= 15 is 0 Å². The summed E-state index contributed by atoms with van der Waals surface area (Å²) < 4.78 is 0. The summed E-state index contributed by atoms with van der Waals surface area (Å²) in [6, 6.07) is 9.56. The molecule has 1 aromatic rings. The van der Waals surface area contributed by atoms with Gasteiger partial charge in [0.05, 0.1) is 5.92 Å². The summed E-state index contributed by atoms with van der Waals surface area (Å²) in [5.74, 6) is -0.204. The first-order chi connectivity index (χ1) is 11.1. The Morgan fingerprint density at radius 3 is 2.21 bits per heavy atom. The number of carbonyl (C=O) groups excluding carboxylic acids is 1. The zero-order valence-electron chi connectivity index (χ0n) is 14.2. The van der Waals surface area contributed by atoms with Crippen LogP contribution in [0.25, 0.3) is 0 Å². The van der Waals surface area contributed by atoms with Crippen LogP contribution in [-0.4, -0.2) is 72.7 Å². The van der Waals surface area contributed by atoms with E-state index in [1.54, 1.807) is 0 Å². The quantitative estimate of drug-likeness (QED) is 0.826. The number of hydrogen-bond donors (Lipinski definition) is 1. The van der Waals surface area contributed by atoms with Crippen LogP contribution in [0.4, 0.5) is 0 Å². The molecule has 126 valence electrons. The molecule has 2 fully saturated rings. The Morgan fingerprint density at radius 1 is 1.08 bits per heavy atom. The molecule has 1 saturated carbocycles. The van der Waals surface area contributed by atoms with Gasteiger partial charge in [0.15, 0.2) is 0 Å². The van der Waals surface area contributed by atoms with Gasteiger partial charge in [0.1, 0.15) is 0 Å². The number of nitrogens with zero attached hydrogens (tertiary/aromatic N) is 1. The number of rotatable bonds is 5. The smallest absolute Gasteiger partial charge is 0.307 e. The van der Waals surface area contributed by atoms with Gasteiger partial charge in [-0.3, -0.25) is 9.59 Å². The van der Waals surface area contributed by atoms with E-state index in [1.165, 1.54) is 25.7 Å². The number of carboxylic acid groups (broad SMARTS) is 1. The van der Waals surface area contributed by atoms with Gasteiger partial charge in [0.2, 0.25) is 5.91 Å². The second kappa shape index (κ2) is 9.21. The average Bonchev–Trinajstić information content (AvgIpc) is 2.99. The van der Waals surface area contributed by atoms with Crippen molar-refractivity contribution in [2.45, 2.75) is 38.5 Å². The second-order valence-electron chi connectivity index (χ2n) is 7.03. The summed E-state index contributed by atoms with van der Waals surface area (Å²) in [6.07, 6.45) is 5.53. The number of likely N-dealkylation sites (tertiary alicyclic amines) is 1. The molecule has 2 radical (unpaired) electrons. The van der Waals surface area contributed by atoms with Crippen LogP contribution in [0.1, 0.15) is 37.7 Å². The molecule has 2 aliphatic rings. The summed E-state index contributed by atoms with van der Waals surface area (Å²) in [5, 5.41) is 9.46. The molecule has 24 heavy (non-hydrogen) atoms. The molecule has 1 heterocycles. The fourth-order valence-electron chi connectivity index (χ4n) is 4.09. The number of carbonyl (C=O) groups is 2. The molecule has 5 heteroatoms. The first-order valence-corrected chi connectivity index (χ1v) is 8.68. The Balaban J connectivity index is 0.00000208. The van der Waals surface area contributed by atoms with E-state index < -0.39 is 11.9 Å². The third kappa shape index (κ3) is 4.96. The summed E-state index contributed by atoms with van der Waals surface area (Å²) in [7, 11) is 0. The van der Waals surface area contributed by atoms with Gasteiger partial charge in [-0.25, -0.2) is 0 Å². The second-order valence-corrected chi connectivity index (χ2v) is 7.03. The third-order valence-corrected chi connectivity index (χ3v) is 5.42. The monoisotopic (exact) mass is 355 g/mol. The van der Waals surface area contributed by atoms with Crippen molar-refractivity contribution in [3.8, 4) is 0 Å². The van der Waals surface area contributed by atoms with Crippen LogP contribution in [0.2, 0.25) is 0 Å². The van der Waals surface area contributed by atoms with E-state index in [0.29, 0.717) is 18.3 Å². The van der Waals surface area contributed by atoms with Gasteiger partial charge < -0.3 is 10.0 Å². The minimum atomic E-state index is -0.876. The summed E-state index contributed by atoms with van der Waals surface area (Å²) in [5.41, 5.74) is 0.975. The van der Waals surface area contributed by atoms with E-state index in [2.05, 4.69) is 0 Å². The number of fused-ring (bicyclic) bond motifs is 1. The standard InChI is InChI=1S/C19H25NO3.Ca/c21-18(20-12-15-8-4-5-9-16(15)13-20)11-17(19(22)23)10-14-6-2-1-3-7-14;/h1-3,6-7,15-17H,4-5,8-13H2,(H,22,23);/t15-,16+,17-;/m0./s1. The molecular formula is C19H25CaNO3. The molecule has 1 aliphatic heterocycles. The Morgan fingerprint density at radius 2 is 1.67 bits per heavy atom. The molecular weight excluding hydrogens is 330 g/mol. The van der Waals surface area contributed by atoms with Crippen LogP contribution >= 0.6 is 0 Å². The molecule has 1 aliphatic carbocycles.